The van der Waals surface area contributed by atoms with Gasteiger partial charge in [-0.3, -0.25) is 4.79 Å². The lowest BCUT2D eigenvalue weighted by atomic mass is 10.0. The third-order valence-corrected chi connectivity index (χ3v) is 3.21. The van der Waals surface area contributed by atoms with Crippen LogP contribution in [0.1, 0.15) is 67.7 Å². The number of hydrazone groups is 1. The Bertz CT molecular complexity index is 363. The Morgan fingerprint density at radius 3 is 2.17 bits per heavy atom. The molecule has 2 unspecified atom stereocenters. The molecule has 142 valence electrons. The van der Waals surface area contributed by atoms with Crippen LogP contribution in [0.2, 0.25) is 0 Å². The summed E-state index contributed by atoms with van der Waals surface area (Å²) in [6.07, 6.45) is 5.52. The van der Waals surface area contributed by atoms with E-state index in [9.17, 15) is 4.79 Å². The van der Waals surface area contributed by atoms with Crippen molar-refractivity contribution in [3.63, 3.8) is 0 Å². The Labute approximate surface area is 148 Å². The molecule has 1 amide bonds. The van der Waals surface area contributed by atoms with Gasteiger partial charge in [0, 0.05) is 30.8 Å². The molecule has 0 aromatic heterocycles. The molecule has 0 aromatic rings. The van der Waals surface area contributed by atoms with E-state index in [-0.39, 0.29) is 11.6 Å². The van der Waals surface area contributed by atoms with Crippen LogP contribution in [0.5, 0.6) is 0 Å². The Kier molecular flexibility index (Phi) is 14.4. The van der Waals surface area contributed by atoms with E-state index < -0.39 is 0 Å². The maximum Gasteiger partial charge on any atom is 0.207 e. The average Bonchev–Trinajstić information content (AvgIpc) is 2.98. The number of nitrogens with one attached hydrogen (secondary N) is 3. The summed E-state index contributed by atoms with van der Waals surface area (Å²) in [6.45, 7) is 14.0. The van der Waals surface area contributed by atoms with Gasteiger partial charge < -0.3 is 20.9 Å². The Morgan fingerprint density at radius 2 is 1.88 bits per heavy atom. The minimum Gasteiger partial charge on any atom is -0.381 e. The van der Waals surface area contributed by atoms with Crippen molar-refractivity contribution in [2.45, 2.75) is 85.4 Å². The molecule has 0 aromatic carbocycles. The molecule has 1 saturated carbocycles. The number of hydrogen-bond acceptors (Lipinski definition) is 5. The lowest BCUT2D eigenvalue weighted by Crippen LogP contribution is -2.33. The van der Waals surface area contributed by atoms with Crippen molar-refractivity contribution in [3.05, 3.63) is 0 Å². The SMILES string of the molecule is CC.CC(C)NC=O.COC1CCC(/C(C=N)=N/NC(C)(C)C)C1. The van der Waals surface area contributed by atoms with Gasteiger partial charge in [-0.25, -0.2) is 0 Å². The maximum absolute atomic E-state index is 9.50. The third-order valence-electron chi connectivity index (χ3n) is 3.21. The molecule has 1 aliphatic carbocycles. The van der Waals surface area contributed by atoms with Crippen LogP contribution >= 0.6 is 0 Å². The van der Waals surface area contributed by atoms with E-state index >= 15 is 0 Å². The first kappa shape index (κ1) is 24.8. The van der Waals surface area contributed by atoms with Crippen LogP contribution in [0.15, 0.2) is 5.10 Å². The Balaban J connectivity index is 0. The molecular formula is C18H38N4O2. The Morgan fingerprint density at radius 1 is 1.29 bits per heavy atom. The summed E-state index contributed by atoms with van der Waals surface area (Å²) in [4.78, 5) is 9.50. The first-order valence-electron chi connectivity index (χ1n) is 8.81. The second-order valence-electron chi connectivity index (χ2n) is 6.85. The van der Waals surface area contributed by atoms with Crippen molar-refractivity contribution in [2.75, 3.05) is 7.11 Å². The van der Waals surface area contributed by atoms with Crippen LogP contribution in [-0.4, -0.2) is 43.1 Å². The molecule has 6 nitrogen and oxygen atoms in total. The monoisotopic (exact) mass is 342 g/mol. The summed E-state index contributed by atoms with van der Waals surface area (Å²) in [5, 5.41) is 14.3. The van der Waals surface area contributed by atoms with Crippen LogP contribution in [0, 0.1) is 11.3 Å². The largest absolute Gasteiger partial charge is 0.381 e. The molecule has 3 N–H and O–H groups in total. The highest BCUT2D eigenvalue weighted by atomic mass is 16.5. The van der Waals surface area contributed by atoms with Crippen molar-refractivity contribution < 1.29 is 9.53 Å². The predicted molar refractivity (Wildman–Crippen MR) is 103 cm³/mol. The fourth-order valence-corrected chi connectivity index (χ4v) is 2.03. The summed E-state index contributed by atoms with van der Waals surface area (Å²) in [5.74, 6) is 0.372. The van der Waals surface area contributed by atoms with Gasteiger partial charge in [-0.2, -0.15) is 5.10 Å². The summed E-state index contributed by atoms with van der Waals surface area (Å²) in [6, 6.07) is 0.280. The zero-order valence-corrected chi connectivity index (χ0v) is 16.8. The number of nitrogens with zero attached hydrogens (tertiary/aromatic N) is 1. The van der Waals surface area contributed by atoms with E-state index in [1.807, 2.05) is 27.7 Å². The van der Waals surface area contributed by atoms with E-state index in [2.05, 4.69) is 36.6 Å². The van der Waals surface area contributed by atoms with Gasteiger partial charge >= 0.3 is 0 Å². The molecule has 1 fully saturated rings. The van der Waals surface area contributed by atoms with Gasteiger partial charge in [-0.05, 0) is 53.9 Å². The number of ether oxygens (including phenoxy) is 1. The molecule has 2 atom stereocenters. The van der Waals surface area contributed by atoms with Crippen molar-refractivity contribution in [3.8, 4) is 0 Å². The summed E-state index contributed by atoms with van der Waals surface area (Å²) in [7, 11) is 1.75. The van der Waals surface area contributed by atoms with E-state index in [0.29, 0.717) is 18.4 Å². The van der Waals surface area contributed by atoms with E-state index in [1.54, 1.807) is 7.11 Å². The minimum atomic E-state index is -0.0481. The molecule has 24 heavy (non-hydrogen) atoms. The van der Waals surface area contributed by atoms with E-state index in [1.165, 1.54) is 6.21 Å². The Hall–Kier alpha value is -1.43. The minimum absolute atomic E-state index is 0.0481. The van der Waals surface area contributed by atoms with Gasteiger partial charge in [0.05, 0.1) is 11.8 Å². The van der Waals surface area contributed by atoms with E-state index in [4.69, 9.17) is 10.1 Å². The predicted octanol–water partition coefficient (Wildman–Crippen LogP) is 3.36. The van der Waals surface area contributed by atoms with Gasteiger partial charge in [-0.15, -0.1) is 0 Å². The highest BCUT2D eigenvalue weighted by Crippen LogP contribution is 2.28. The van der Waals surface area contributed by atoms with Gasteiger partial charge in [0.1, 0.15) is 0 Å². The fourth-order valence-electron chi connectivity index (χ4n) is 2.03. The lowest BCUT2D eigenvalue weighted by molar-refractivity contribution is -0.109. The lowest BCUT2D eigenvalue weighted by Gasteiger charge is -2.19. The second kappa shape index (κ2) is 14.0. The third kappa shape index (κ3) is 13.0. The maximum atomic E-state index is 9.50. The summed E-state index contributed by atoms with van der Waals surface area (Å²) in [5.41, 5.74) is 3.87. The van der Waals surface area contributed by atoms with Crippen molar-refractivity contribution in [1.82, 2.24) is 10.7 Å². The quantitative estimate of drug-likeness (QED) is 0.393. The number of carbonyl (C=O) groups is 1. The zero-order valence-electron chi connectivity index (χ0n) is 16.8. The van der Waals surface area contributed by atoms with Crippen molar-refractivity contribution in [2.24, 2.45) is 11.0 Å². The molecular weight excluding hydrogens is 304 g/mol. The average molecular weight is 343 g/mol. The van der Waals surface area contributed by atoms with Crippen molar-refractivity contribution in [1.29, 1.82) is 5.41 Å². The van der Waals surface area contributed by atoms with Crippen molar-refractivity contribution >= 4 is 18.3 Å². The van der Waals surface area contributed by atoms with Crippen LogP contribution in [0.25, 0.3) is 0 Å². The standard InChI is InChI=1S/C12H23N3O.C4H9NO.C2H6/c1-12(2,3)15-14-11(8-13)9-5-6-10(7-9)16-4;1-4(2)5-3-6;1-2/h8-10,13,15H,5-7H2,1-4H3;3-4H,1-2H3,(H,5,6);1-2H3/b13-8?,14-11+;;. The number of carbonyl (C=O) groups excluding carboxylic acids is 1. The first-order chi connectivity index (χ1) is 11.2. The van der Waals surface area contributed by atoms with E-state index in [0.717, 1.165) is 25.0 Å². The highest BCUT2D eigenvalue weighted by Gasteiger charge is 2.27. The van der Waals surface area contributed by atoms with Gasteiger partial charge in [0.25, 0.3) is 0 Å². The normalized spacial score (nSPS) is 20.3. The highest BCUT2D eigenvalue weighted by molar-refractivity contribution is 6.30. The molecule has 6 heteroatoms. The molecule has 0 radical (unpaired) electrons. The molecule has 1 rings (SSSR count). The molecule has 0 spiro atoms. The number of amides is 1. The molecule has 1 aliphatic rings. The van der Waals surface area contributed by atoms with Gasteiger partial charge in [-0.1, -0.05) is 13.8 Å². The molecule has 0 heterocycles. The molecule has 0 saturated heterocycles. The summed E-state index contributed by atoms with van der Waals surface area (Å²) < 4.78 is 5.33. The number of hydrogen-bond donors (Lipinski definition) is 3. The fraction of sp³-hybridized carbons (Fsp3) is 0.833. The van der Waals surface area contributed by atoms with Crippen LogP contribution in [-0.2, 0) is 9.53 Å². The zero-order chi connectivity index (χ0) is 19.2. The number of rotatable bonds is 6. The van der Waals surface area contributed by atoms with Gasteiger partial charge in [0.2, 0.25) is 6.41 Å². The molecule has 0 bridgehead atoms. The number of methoxy groups -OCH3 is 1. The van der Waals surface area contributed by atoms with Crippen LogP contribution < -0.4 is 10.7 Å². The molecule has 0 aliphatic heterocycles. The van der Waals surface area contributed by atoms with Crippen LogP contribution in [0.3, 0.4) is 0 Å². The first-order valence-corrected chi connectivity index (χ1v) is 8.81. The topological polar surface area (TPSA) is 86.6 Å². The summed E-state index contributed by atoms with van der Waals surface area (Å²) >= 11 is 0. The second-order valence-corrected chi connectivity index (χ2v) is 6.85. The van der Waals surface area contributed by atoms with Gasteiger partial charge in [0.15, 0.2) is 0 Å². The van der Waals surface area contributed by atoms with Crippen LogP contribution in [0.4, 0.5) is 0 Å². The smallest absolute Gasteiger partial charge is 0.207 e.